The summed E-state index contributed by atoms with van der Waals surface area (Å²) in [6.45, 7) is 14.3. The summed E-state index contributed by atoms with van der Waals surface area (Å²) in [5, 5.41) is 57.9. The van der Waals surface area contributed by atoms with Crippen LogP contribution in [0.2, 0.25) is 0 Å². The highest BCUT2D eigenvalue weighted by Crippen LogP contribution is 2.47. The van der Waals surface area contributed by atoms with Crippen LogP contribution in [-0.4, -0.2) is 154 Å². The number of esters is 1. The monoisotopic (exact) mass is 747 g/mol. The van der Waals surface area contributed by atoms with Crippen molar-refractivity contribution in [1.29, 1.82) is 0 Å². The van der Waals surface area contributed by atoms with E-state index in [1.54, 1.807) is 34.6 Å². The fourth-order valence-electron chi connectivity index (χ4n) is 8.87. The number of Topliss-reactive ketones (excluding diaryl/α,β-unsaturated/α-hetero) is 1. The lowest BCUT2D eigenvalue weighted by atomic mass is 9.73. The largest absolute Gasteiger partial charge is 0.459 e. The number of fused-ring (bicyclic) bond motifs is 1. The SMILES string of the molecule is CC[C@@H]1OC(=O)[C@@H]2CO[C@]3(C[C@](C)(OC)[C@H](O)[C@H](C)O3)O[C@@H]2[C@@H](C)[C@H](O[C@@H]2O[C@H](C)C[C@H](N(C)C)[C@H]2O)[C@](C)(O)C[C@H](C)C(=O)[C@H](C)[C@@H](O)[C@]1(C)O. The predicted octanol–water partition coefficient (Wildman–Crippen LogP) is 1.12. The minimum atomic E-state index is -2.03. The van der Waals surface area contributed by atoms with E-state index in [9.17, 15) is 35.1 Å². The van der Waals surface area contributed by atoms with Crippen molar-refractivity contribution >= 4 is 11.8 Å². The second-order valence-electron chi connectivity index (χ2n) is 16.8. The molecule has 18 atom stereocenters. The number of aliphatic hydroxyl groups excluding tert-OH is 3. The summed E-state index contributed by atoms with van der Waals surface area (Å²) in [5.41, 5.74) is -5.03. The molecule has 5 N–H and O–H groups in total. The zero-order valence-corrected chi connectivity index (χ0v) is 33.0. The Morgan fingerprint density at radius 2 is 1.60 bits per heavy atom. The van der Waals surface area contributed by atoms with E-state index in [2.05, 4.69) is 0 Å². The molecule has 4 aliphatic rings. The number of carbonyl (C=O) groups excluding carboxylic acids is 2. The molecule has 0 aromatic carbocycles. The molecule has 0 saturated carbocycles. The van der Waals surface area contributed by atoms with E-state index in [1.807, 2.05) is 25.9 Å². The van der Waals surface area contributed by atoms with Gasteiger partial charge in [-0.3, -0.25) is 9.59 Å². The Bertz CT molecular complexity index is 1250. The summed E-state index contributed by atoms with van der Waals surface area (Å²) in [5.74, 6) is -7.05. The van der Waals surface area contributed by atoms with Crippen LogP contribution < -0.4 is 0 Å². The van der Waals surface area contributed by atoms with Gasteiger partial charge in [-0.2, -0.15) is 0 Å². The molecule has 4 heterocycles. The molecule has 52 heavy (non-hydrogen) atoms. The smallest absolute Gasteiger partial charge is 0.314 e. The van der Waals surface area contributed by atoms with Crippen LogP contribution in [0.3, 0.4) is 0 Å². The van der Waals surface area contributed by atoms with Gasteiger partial charge in [0.2, 0.25) is 0 Å². The molecule has 15 nitrogen and oxygen atoms in total. The average Bonchev–Trinajstić information content (AvgIpc) is 3.07. The number of methoxy groups -OCH3 is 1. The molecule has 0 radical (unpaired) electrons. The molecule has 302 valence electrons. The van der Waals surface area contributed by atoms with E-state index >= 15 is 0 Å². The van der Waals surface area contributed by atoms with Crippen LogP contribution in [0.1, 0.15) is 88.0 Å². The highest BCUT2D eigenvalue weighted by molar-refractivity contribution is 5.83. The van der Waals surface area contributed by atoms with Crippen molar-refractivity contribution in [3.8, 4) is 0 Å². The summed E-state index contributed by atoms with van der Waals surface area (Å²) in [6.07, 6.45) is -9.39. The molecule has 15 heteroatoms. The van der Waals surface area contributed by atoms with E-state index in [4.69, 9.17) is 33.2 Å². The van der Waals surface area contributed by atoms with E-state index in [1.165, 1.54) is 27.9 Å². The zero-order chi connectivity index (χ0) is 39.3. The second kappa shape index (κ2) is 16.0. The lowest BCUT2D eigenvalue weighted by molar-refractivity contribution is -0.474. The normalized spacial score (nSPS) is 51.5. The molecule has 0 aromatic heterocycles. The highest BCUT2D eigenvalue weighted by atomic mass is 16.9. The summed E-state index contributed by atoms with van der Waals surface area (Å²) in [4.78, 5) is 30.0. The van der Waals surface area contributed by atoms with Gasteiger partial charge in [0.1, 0.15) is 41.2 Å². The number of likely N-dealkylation sites (N-methyl/N-ethyl adjacent to an activating group) is 1. The lowest BCUT2D eigenvalue weighted by Crippen LogP contribution is -2.67. The lowest BCUT2D eigenvalue weighted by Gasteiger charge is -2.55. The standard InChI is InChI=1S/C37H65NO14/c1-13-25-36(9,45)29(41)20(4)26(39)18(2)15-34(7,44)31(50-33-27(40)24(38(10)11)14-19(3)48-33)21(5)28-23(32(43)49-25)16-47-37(52-28)17-35(8,46-12)30(42)22(6)51-37/h18-25,27-31,33,40-42,44-45H,13-17H2,1-12H3/t18-,19+,20-,21+,22-,23+,24-,25-,27+,28+,29+,30+,31-,33-,34+,35-,36+,37-/m0/s1. The van der Waals surface area contributed by atoms with Gasteiger partial charge >= 0.3 is 5.97 Å². The number of aliphatic hydroxyl groups is 5. The molecule has 4 fully saturated rings. The van der Waals surface area contributed by atoms with Gasteiger partial charge in [0, 0.05) is 30.9 Å². The minimum absolute atomic E-state index is 0.0939. The first kappa shape index (κ1) is 43.4. The maximum atomic E-state index is 14.2. The number of ether oxygens (including phenoxy) is 7. The first-order valence-corrected chi connectivity index (χ1v) is 18.7. The van der Waals surface area contributed by atoms with Gasteiger partial charge in [-0.05, 0) is 68.0 Å². The van der Waals surface area contributed by atoms with E-state index in [0.29, 0.717) is 6.42 Å². The zero-order valence-electron chi connectivity index (χ0n) is 33.0. The van der Waals surface area contributed by atoms with Crippen LogP contribution in [0.25, 0.3) is 0 Å². The molecule has 0 aromatic rings. The quantitative estimate of drug-likeness (QED) is 0.250. The number of ketones is 1. The van der Waals surface area contributed by atoms with Crippen molar-refractivity contribution < 1.29 is 68.3 Å². The Labute approximate surface area is 308 Å². The van der Waals surface area contributed by atoms with Gasteiger partial charge < -0.3 is 63.6 Å². The van der Waals surface area contributed by atoms with Crippen molar-refractivity contribution in [1.82, 2.24) is 4.90 Å². The molecule has 4 aliphatic heterocycles. The third-order valence-electron chi connectivity index (χ3n) is 12.1. The molecule has 4 rings (SSSR count). The molecule has 0 unspecified atom stereocenters. The molecule has 1 spiro atoms. The number of nitrogens with zero attached hydrogens (tertiary/aromatic N) is 1. The molecular formula is C37H65NO14. The Hall–Kier alpha value is -1.34. The van der Waals surface area contributed by atoms with Gasteiger partial charge in [-0.25, -0.2) is 0 Å². The first-order chi connectivity index (χ1) is 23.9. The fourth-order valence-corrected chi connectivity index (χ4v) is 8.87. The maximum absolute atomic E-state index is 14.2. The Balaban J connectivity index is 1.86. The van der Waals surface area contributed by atoms with Gasteiger partial charge in [-0.15, -0.1) is 0 Å². The van der Waals surface area contributed by atoms with E-state index in [-0.39, 0.29) is 38.0 Å². The number of rotatable bonds is 5. The van der Waals surface area contributed by atoms with Crippen LogP contribution in [0, 0.1) is 23.7 Å². The summed E-state index contributed by atoms with van der Waals surface area (Å²) in [7, 11) is 5.14. The number of hydrogen-bond donors (Lipinski definition) is 5. The minimum Gasteiger partial charge on any atom is -0.459 e. The highest BCUT2D eigenvalue weighted by Gasteiger charge is 2.61. The predicted molar refractivity (Wildman–Crippen MR) is 185 cm³/mol. The van der Waals surface area contributed by atoms with Crippen LogP contribution in [0.15, 0.2) is 0 Å². The van der Waals surface area contributed by atoms with Crippen molar-refractivity contribution in [2.75, 3.05) is 27.8 Å². The summed E-state index contributed by atoms with van der Waals surface area (Å²) >= 11 is 0. The van der Waals surface area contributed by atoms with Crippen molar-refractivity contribution in [2.24, 2.45) is 23.7 Å². The molecular weight excluding hydrogens is 682 g/mol. The molecule has 0 bridgehead atoms. The van der Waals surface area contributed by atoms with Crippen LogP contribution in [0.5, 0.6) is 0 Å². The Kier molecular flexibility index (Phi) is 13.4. The van der Waals surface area contributed by atoms with Crippen molar-refractivity contribution in [3.63, 3.8) is 0 Å². The average molecular weight is 748 g/mol. The van der Waals surface area contributed by atoms with E-state index < -0.39 is 107 Å². The number of cyclic esters (lactones) is 1. The van der Waals surface area contributed by atoms with Gasteiger partial charge in [-0.1, -0.05) is 27.7 Å². The van der Waals surface area contributed by atoms with Crippen molar-refractivity contribution in [2.45, 2.75) is 172 Å². The van der Waals surface area contributed by atoms with Gasteiger partial charge in [0.05, 0.1) is 49.1 Å². The third-order valence-corrected chi connectivity index (χ3v) is 12.1. The maximum Gasteiger partial charge on any atom is 0.314 e. The Morgan fingerprint density at radius 1 is 0.962 bits per heavy atom. The molecule has 0 amide bonds. The summed E-state index contributed by atoms with van der Waals surface area (Å²) in [6, 6.07) is -0.338. The van der Waals surface area contributed by atoms with E-state index in [0.717, 1.165) is 0 Å². The first-order valence-electron chi connectivity index (χ1n) is 18.7. The fraction of sp³-hybridized carbons (Fsp3) is 0.946. The topological polar surface area (TPSA) is 203 Å². The van der Waals surface area contributed by atoms with Crippen LogP contribution in [-0.2, 0) is 42.7 Å². The molecule has 4 saturated heterocycles. The Morgan fingerprint density at radius 3 is 2.17 bits per heavy atom. The third kappa shape index (κ3) is 8.41. The number of carbonyl (C=O) groups is 2. The summed E-state index contributed by atoms with van der Waals surface area (Å²) < 4.78 is 43.5. The van der Waals surface area contributed by atoms with Crippen molar-refractivity contribution in [3.05, 3.63) is 0 Å². The number of hydrogen-bond acceptors (Lipinski definition) is 15. The second-order valence-corrected chi connectivity index (χ2v) is 16.8. The molecule has 0 aliphatic carbocycles. The van der Waals surface area contributed by atoms with Gasteiger partial charge in [0.25, 0.3) is 5.97 Å². The van der Waals surface area contributed by atoms with Crippen LogP contribution in [0.4, 0.5) is 0 Å². The van der Waals surface area contributed by atoms with Gasteiger partial charge in [0.15, 0.2) is 6.29 Å². The van der Waals surface area contributed by atoms with Crippen LogP contribution >= 0.6 is 0 Å².